The number of nitrogens with one attached hydrogen (secondary N) is 1. The molecule has 0 atom stereocenters. The molecule has 0 spiro atoms. The van der Waals surface area contributed by atoms with Crippen LogP contribution in [0.3, 0.4) is 0 Å². The maximum Gasteiger partial charge on any atom is 0.269 e. The first kappa shape index (κ1) is 18.4. The zero-order valence-corrected chi connectivity index (χ0v) is 14.9. The average Bonchev–Trinajstić information content (AvgIpc) is 2.64. The number of hydrogen-bond acceptors (Lipinski definition) is 5. The minimum Gasteiger partial charge on any atom is -0.457 e. The molecule has 3 rings (SSSR count). The number of anilines is 1. The number of non-ortho nitro benzene ring substituents is 1. The van der Waals surface area contributed by atoms with Crippen LogP contribution in [0.4, 0.5) is 11.4 Å². The van der Waals surface area contributed by atoms with Crippen LogP contribution in [0.5, 0.6) is 11.5 Å². The van der Waals surface area contributed by atoms with E-state index in [2.05, 4.69) is 4.72 Å². The van der Waals surface area contributed by atoms with Crippen LogP contribution in [0.2, 0.25) is 0 Å². The lowest BCUT2D eigenvalue weighted by Crippen LogP contribution is -2.15. The third-order valence-corrected chi connectivity index (χ3v) is 4.84. The molecule has 1 N–H and O–H groups in total. The third kappa shape index (κ3) is 5.29. The molecule has 0 bridgehead atoms. The van der Waals surface area contributed by atoms with Gasteiger partial charge in [0.25, 0.3) is 5.69 Å². The zero-order chi connectivity index (χ0) is 19.3. The standard InChI is InChI=1S/C19H16N2O5S/c22-21(23)17-6-4-5-15(13-17)14-27(24,25)20-16-9-11-19(12-10-16)26-18-7-2-1-3-8-18/h1-13,20H,14H2. The minimum absolute atomic E-state index is 0.148. The van der Waals surface area contributed by atoms with Crippen molar-refractivity contribution in [3.63, 3.8) is 0 Å². The largest absolute Gasteiger partial charge is 0.457 e. The second kappa shape index (κ2) is 7.88. The van der Waals surface area contributed by atoms with Gasteiger partial charge in [0, 0.05) is 17.8 Å². The second-order valence-corrected chi connectivity index (χ2v) is 7.45. The van der Waals surface area contributed by atoms with Crippen LogP contribution in [-0.4, -0.2) is 13.3 Å². The Balaban J connectivity index is 1.67. The molecule has 8 heteroatoms. The van der Waals surface area contributed by atoms with Gasteiger partial charge in [-0.15, -0.1) is 0 Å². The van der Waals surface area contributed by atoms with Crippen molar-refractivity contribution in [1.82, 2.24) is 0 Å². The van der Waals surface area contributed by atoms with E-state index >= 15 is 0 Å². The van der Waals surface area contributed by atoms with Gasteiger partial charge in [-0.05, 0) is 42.0 Å². The van der Waals surface area contributed by atoms with E-state index in [-0.39, 0.29) is 11.4 Å². The molecule has 7 nitrogen and oxygen atoms in total. The molecular formula is C19H16N2O5S. The van der Waals surface area contributed by atoms with Gasteiger partial charge in [-0.1, -0.05) is 30.3 Å². The van der Waals surface area contributed by atoms with Crippen LogP contribution < -0.4 is 9.46 Å². The first-order valence-corrected chi connectivity index (χ1v) is 9.63. The molecule has 0 aliphatic heterocycles. The van der Waals surface area contributed by atoms with Crippen molar-refractivity contribution < 1.29 is 18.1 Å². The predicted octanol–water partition coefficient (Wildman–Crippen LogP) is 4.33. The van der Waals surface area contributed by atoms with Crippen LogP contribution in [-0.2, 0) is 15.8 Å². The summed E-state index contributed by atoms with van der Waals surface area (Å²) in [6, 6.07) is 21.2. The predicted molar refractivity (Wildman–Crippen MR) is 102 cm³/mol. The molecule has 0 radical (unpaired) electrons. The summed E-state index contributed by atoms with van der Waals surface area (Å²) >= 11 is 0. The molecular weight excluding hydrogens is 368 g/mol. The first-order valence-electron chi connectivity index (χ1n) is 7.98. The van der Waals surface area contributed by atoms with Gasteiger partial charge in [0.15, 0.2) is 0 Å². The molecule has 0 unspecified atom stereocenters. The van der Waals surface area contributed by atoms with Gasteiger partial charge >= 0.3 is 0 Å². The minimum atomic E-state index is -3.72. The van der Waals surface area contributed by atoms with E-state index in [0.717, 1.165) is 0 Å². The molecule has 0 saturated carbocycles. The van der Waals surface area contributed by atoms with Crippen molar-refractivity contribution in [2.24, 2.45) is 0 Å². The van der Waals surface area contributed by atoms with E-state index in [1.807, 2.05) is 30.3 Å². The topological polar surface area (TPSA) is 98.5 Å². The Morgan fingerprint density at radius 3 is 2.22 bits per heavy atom. The lowest BCUT2D eigenvalue weighted by molar-refractivity contribution is -0.384. The van der Waals surface area contributed by atoms with Crippen molar-refractivity contribution in [3.05, 3.63) is 94.5 Å². The molecule has 0 aliphatic rings. The second-order valence-electron chi connectivity index (χ2n) is 5.73. The monoisotopic (exact) mass is 384 g/mol. The highest BCUT2D eigenvalue weighted by Crippen LogP contribution is 2.23. The van der Waals surface area contributed by atoms with Crippen molar-refractivity contribution >= 4 is 21.4 Å². The summed E-state index contributed by atoms with van der Waals surface area (Å²) < 4.78 is 32.7. The van der Waals surface area contributed by atoms with Gasteiger partial charge in [0.1, 0.15) is 11.5 Å². The first-order chi connectivity index (χ1) is 12.9. The van der Waals surface area contributed by atoms with Crippen LogP contribution in [0.1, 0.15) is 5.56 Å². The number of sulfonamides is 1. The number of nitro benzene ring substituents is 1. The van der Waals surface area contributed by atoms with Crippen LogP contribution in [0.25, 0.3) is 0 Å². The van der Waals surface area contributed by atoms with E-state index in [1.54, 1.807) is 24.3 Å². The van der Waals surface area contributed by atoms with E-state index in [1.165, 1.54) is 24.3 Å². The number of nitro groups is 1. The van der Waals surface area contributed by atoms with Crippen molar-refractivity contribution in [2.45, 2.75) is 5.75 Å². The summed E-state index contributed by atoms with van der Waals surface area (Å²) in [6.45, 7) is 0. The number of benzene rings is 3. The molecule has 0 heterocycles. The van der Waals surface area contributed by atoms with E-state index < -0.39 is 14.9 Å². The third-order valence-electron chi connectivity index (χ3n) is 3.58. The molecule has 3 aromatic carbocycles. The highest BCUT2D eigenvalue weighted by Gasteiger charge is 2.14. The molecule has 0 amide bonds. The molecule has 27 heavy (non-hydrogen) atoms. The molecule has 0 aliphatic carbocycles. The maximum absolute atomic E-state index is 12.3. The fourth-order valence-corrected chi connectivity index (χ4v) is 3.60. The normalized spacial score (nSPS) is 11.0. The summed E-state index contributed by atoms with van der Waals surface area (Å²) in [7, 11) is -3.72. The lowest BCUT2D eigenvalue weighted by atomic mass is 10.2. The van der Waals surface area contributed by atoms with E-state index in [9.17, 15) is 18.5 Å². The van der Waals surface area contributed by atoms with Gasteiger partial charge in [0.2, 0.25) is 10.0 Å². The Labute approximate surface area is 156 Å². The van der Waals surface area contributed by atoms with Crippen molar-refractivity contribution in [3.8, 4) is 11.5 Å². The lowest BCUT2D eigenvalue weighted by Gasteiger charge is -2.10. The van der Waals surface area contributed by atoms with Crippen LogP contribution in [0, 0.1) is 10.1 Å². The summed E-state index contributed by atoms with van der Waals surface area (Å²) in [5.41, 5.74) is 0.562. The number of hydrogen-bond donors (Lipinski definition) is 1. The fraction of sp³-hybridized carbons (Fsp3) is 0.0526. The number of ether oxygens (including phenoxy) is 1. The summed E-state index contributed by atoms with van der Waals surface area (Å²) in [6.07, 6.45) is 0. The number of para-hydroxylation sites is 1. The van der Waals surface area contributed by atoms with Crippen molar-refractivity contribution in [1.29, 1.82) is 0 Å². The van der Waals surface area contributed by atoms with E-state index in [4.69, 9.17) is 4.74 Å². The smallest absolute Gasteiger partial charge is 0.269 e. The van der Waals surface area contributed by atoms with Crippen molar-refractivity contribution in [2.75, 3.05) is 4.72 Å². The Hall–Kier alpha value is -3.39. The highest BCUT2D eigenvalue weighted by atomic mass is 32.2. The van der Waals surface area contributed by atoms with Gasteiger partial charge in [0.05, 0.1) is 10.7 Å². The average molecular weight is 384 g/mol. The molecule has 3 aromatic rings. The fourth-order valence-electron chi connectivity index (χ4n) is 2.41. The number of nitrogens with zero attached hydrogens (tertiary/aromatic N) is 1. The Kier molecular flexibility index (Phi) is 5.37. The summed E-state index contributed by atoms with van der Waals surface area (Å²) in [5.74, 6) is 0.885. The molecule has 0 aromatic heterocycles. The quantitative estimate of drug-likeness (QED) is 0.483. The highest BCUT2D eigenvalue weighted by molar-refractivity contribution is 7.91. The molecule has 0 fully saturated rings. The summed E-state index contributed by atoms with van der Waals surface area (Å²) in [4.78, 5) is 10.2. The van der Waals surface area contributed by atoms with Crippen LogP contribution in [0.15, 0.2) is 78.9 Å². The zero-order valence-electron chi connectivity index (χ0n) is 14.1. The number of rotatable bonds is 7. The van der Waals surface area contributed by atoms with Gasteiger partial charge in [-0.3, -0.25) is 14.8 Å². The Bertz CT molecular complexity index is 1040. The van der Waals surface area contributed by atoms with E-state index in [0.29, 0.717) is 22.7 Å². The Morgan fingerprint density at radius 1 is 0.889 bits per heavy atom. The van der Waals surface area contributed by atoms with Gasteiger partial charge in [-0.2, -0.15) is 0 Å². The molecule has 0 saturated heterocycles. The molecule has 138 valence electrons. The SMILES string of the molecule is O=[N+]([O-])c1cccc(CS(=O)(=O)Nc2ccc(Oc3ccccc3)cc2)c1. The Morgan fingerprint density at radius 2 is 1.56 bits per heavy atom. The van der Waals surface area contributed by atoms with Gasteiger partial charge < -0.3 is 4.74 Å². The summed E-state index contributed by atoms with van der Waals surface area (Å²) in [5, 5.41) is 10.8. The van der Waals surface area contributed by atoms with Crippen LogP contribution >= 0.6 is 0 Å². The maximum atomic E-state index is 12.3. The van der Waals surface area contributed by atoms with Gasteiger partial charge in [-0.25, -0.2) is 8.42 Å².